The molecule has 0 bridgehead atoms. The maximum absolute atomic E-state index is 13.1. The minimum Gasteiger partial charge on any atom is -0.449 e. The number of fused-ring (bicyclic) bond motifs is 1. The van der Waals surface area contributed by atoms with Crippen LogP contribution in [0.4, 0.5) is 11.4 Å². The van der Waals surface area contributed by atoms with Crippen LogP contribution in [0.3, 0.4) is 0 Å². The van der Waals surface area contributed by atoms with Gasteiger partial charge in [-0.05, 0) is 43.3 Å². The predicted molar refractivity (Wildman–Crippen MR) is 131 cm³/mol. The van der Waals surface area contributed by atoms with Crippen LogP contribution in [0.25, 0.3) is 22.2 Å². The maximum Gasteiger partial charge on any atom is 0.339 e. The van der Waals surface area contributed by atoms with Crippen LogP contribution in [0.15, 0.2) is 84.9 Å². The van der Waals surface area contributed by atoms with Gasteiger partial charge >= 0.3 is 5.97 Å². The molecule has 34 heavy (non-hydrogen) atoms. The second kappa shape index (κ2) is 9.95. The average molecular weight is 453 g/mol. The smallest absolute Gasteiger partial charge is 0.339 e. The number of para-hydroxylation sites is 1. The Morgan fingerprint density at radius 1 is 0.824 bits per heavy atom. The first-order valence-corrected chi connectivity index (χ1v) is 10.8. The second-order valence-corrected chi connectivity index (χ2v) is 7.73. The predicted octanol–water partition coefficient (Wildman–Crippen LogP) is 5.04. The van der Waals surface area contributed by atoms with Crippen LogP contribution in [-0.4, -0.2) is 28.9 Å². The van der Waals surface area contributed by atoms with E-state index in [1.165, 1.54) is 13.8 Å². The molecular formula is C27H23N3O4. The number of hydrogen-bond donors (Lipinski definition) is 2. The molecule has 0 aliphatic carbocycles. The molecular weight excluding hydrogens is 430 g/mol. The van der Waals surface area contributed by atoms with E-state index in [1.54, 1.807) is 36.4 Å². The third-order valence-electron chi connectivity index (χ3n) is 5.13. The number of esters is 1. The highest BCUT2D eigenvalue weighted by atomic mass is 16.5. The van der Waals surface area contributed by atoms with Gasteiger partial charge in [0.25, 0.3) is 5.91 Å². The van der Waals surface area contributed by atoms with Crippen LogP contribution in [0.5, 0.6) is 0 Å². The lowest BCUT2D eigenvalue weighted by Gasteiger charge is -2.15. The molecule has 0 unspecified atom stereocenters. The van der Waals surface area contributed by atoms with E-state index in [0.29, 0.717) is 33.5 Å². The number of pyridine rings is 1. The molecule has 1 aromatic heterocycles. The summed E-state index contributed by atoms with van der Waals surface area (Å²) in [6.07, 6.45) is -1.03. The number of nitrogens with zero attached hydrogens (tertiary/aromatic N) is 1. The number of rotatable bonds is 6. The maximum atomic E-state index is 13.1. The van der Waals surface area contributed by atoms with Gasteiger partial charge in [0.05, 0.1) is 16.8 Å². The first-order chi connectivity index (χ1) is 16.4. The fourth-order valence-electron chi connectivity index (χ4n) is 3.46. The van der Waals surface area contributed by atoms with Gasteiger partial charge < -0.3 is 15.4 Å². The molecule has 0 saturated carbocycles. The lowest BCUT2D eigenvalue weighted by Crippen LogP contribution is -2.30. The molecule has 0 fully saturated rings. The fourth-order valence-corrected chi connectivity index (χ4v) is 3.46. The van der Waals surface area contributed by atoms with Crippen molar-refractivity contribution in [1.29, 1.82) is 0 Å². The fraction of sp³-hybridized carbons (Fsp3) is 0.111. The van der Waals surface area contributed by atoms with Gasteiger partial charge in [-0.2, -0.15) is 0 Å². The first kappa shape index (κ1) is 22.7. The third kappa shape index (κ3) is 5.27. The number of benzene rings is 3. The van der Waals surface area contributed by atoms with Crippen molar-refractivity contribution in [3.63, 3.8) is 0 Å². The van der Waals surface area contributed by atoms with E-state index in [9.17, 15) is 14.4 Å². The van der Waals surface area contributed by atoms with Crippen molar-refractivity contribution in [3.8, 4) is 11.3 Å². The minimum atomic E-state index is -1.03. The summed E-state index contributed by atoms with van der Waals surface area (Å²) in [5.74, 6) is -1.27. The molecule has 4 rings (SSSR count). The molecule has 0 spiro atoms. The van der Waals surface area contributed by atoms with Gasteiger partial charge in [-0.15, -0.1) is 0 Å². The zero-order valence-electron chi connectivity index (χ0n) is 18.7. The van der Waals surface area contributed by atoms with E-state index in [1.807, 2.05) is 48.5 Å². The van der Waals surface area contributed by atoms with Crippen molar-refractivity contribution >= 4 is 40.1 Å². The van der Waals surface area contributed by atoms with Gasteiger partial charge in [-0.25, -0.2) is 9.78 Å². The number of amides is 2. The van der Waals surface area contributed by atoms with Gasteiger partial charge in [0.2, 0.25) is 5.91 Å². The summed E-state index contributed by atoms with van der Waals surface area (Å²) in [5.41, 5.74) is 3.64. The standard InChI is InChI=1S/C27H23N3O4/c1-17(26(32)29-21-14-12-20(13-15-21)28-18(2)31)34-27(33)23-16-25(19-8-4-3-5-9-19)30-24-11-7-6-10-22(23)24/h3-17H,1-2H3,(H,28,31)(H,29,32)/t17-/m0/s1. The SMILES string of the molecule is CC(=O)Nc1ccc(NC(=O)[C@H](C)OC(=O)c2cc(-c3ccccc3)nc3ccccc23)cc1. The number of nitrogens with one attached hydrogen (secondary N) is 2. The molecule has 4 aromatic rings. The first-order valence-electron chi connectivity index (χ1n) is 10.8. The zero-order chi connectivity index (χ0) is 24.1. The van der Waals surface area contributed by atoms with E-state index >= 15 is 0 Å². The van der Waals surface area contributed by atoms with Crippen LogP contribution in [0.2, 0.25) is 0 Å². The molecule has 7 nitrogen and oxygen atoms in total. The lowest BCUT2D eigenvalue weighted by molar-refractivity contribution is -0.123. The van der Waals surface area contributed by atoms with Gasteiger partial charge in [0.1, 0.15) is 0 Å². The summed E-state index contributed by atoms with van der Waals surface area (Å²) in [5, 5.41) is 6.02. The largest absolute Gasteiger partial charge is 0.449 e. The molecule has 0 radical (unpaired) electrons. The summed E-state index contributed by atoms with van der Waals surface area (Å²) >= 11 is 0. The van der Waals surface area contributed by atoms with Crippen molar-refractivity contribution in [2.45, 2.75) is 20.0 Å². The van der Waals surface area contributed by atoms with Crippen LogP contribution < -0.4 is 10.6 Å². The number of hydrogen-bond acceptors (Lipinski definition) is 5. The highest BCUT2D eigenvalue weighted by Crippen LogP contribution is 2.25. The number of ether oxygens (including phenoxy) is 1. The van der Waals surface area contributed by atoms with Crippen molar-refractivity contribution < 1.29 is 19.1 Å². The summed E-state index contributed by atoms with van der Waals surface area (Å²) in [6, 6.07) is 25.2. The molecule has 170 valence electrons. The number of carbonyl (C=O) groups is 3. The summed E-state index contributed by atoms with van der Waals surface area (Å²) < 4.78 is 5.51. The lowest BCUT2D eigenvalue weighted by atomic mass is 10.0. The average Bonchev–Trinajstić information content (AvgIpc) is 2.84. The molecule has 7 heteroatoms. The molecule has 1 heterocycles. The summed E-state index contributed by atoms with van der Waals surface area (Å²) in [7, 11) is 0. The summed E-state index contributed by atoms with van der Waals surface area (Å²) in [4.78, 5) is 41.5. The van der Waals surface area contributed by atoms with Gasteiger partial charge in [0.15, 0.2) is 6.10 Å². The van der Waals surface area contributed by atoms with Crippen molar-refractivity contribution in [1.82, 2.24) is 4.98 Å². The highest BCUT2D eigenvalue weighted by Gasteiger charge is 2.22. The molecule has 0 aliphatic heterocycles. The molecule has 0 saturated heterocycles. The van der Waals surface area contributed by atoms with Crippen molar-refractivity contribution in [2.24, 2.45) is 0 Å². The Morgan fingerprint density at radius 2 is 1.44 bits per heavy atom. The molecule has 0 aliphatic rings. The Morgan fingerprint density at radius 3 is 2.12 bits per heavy atom. The molecule has 2 amide bonds. The normalized spacial score (nSPS) is 11.5. The van der Waals surface area contributed by atoms with Gasteiger partial charge in [-0.1, -0.05) is 48.5 Å². The topological polar surface area (TPSA) is 97.4 Å². The zero-order valence-corrected chi connectivity index (χ0v) is 18.7. The third-order valence-corrected chi connectivity index (χ3v) is 5.13. The van der Waals surface area contributed by atoms with Crippen LogP contribution in [0.1, 0.15) is 24.2 Å². The second-order valence-electron chi connectivity index (χ2n) is 7.73. The monoisotopic (exact) mass is 453 g/mol. The highest BCUT2D eigenvalue weighted by molar-refractivity contribution is 6.06. The molecule has 1 atom stereocenters. The Hall–Kier alpha value is -4.52. The van der Waals surface area contributed by atoms with E-state index in [-0.39, 0.29) is 5.91 Å². The van der Waals surface area contributed by atoms with Gasteiger partial charge in [0, 0.05) is 29.2 Å². The Labute approximate surface area is 196 Å². The van der Waals surface area contributed by atoms with E-state index in [0.717, 1.165) is 5.56 Å². The molecule has 2 N–H and O–H groups in total. The van der Waals surface area contributed by atoms with E-state index < -0.39 is 18.0 Å². The Bertz CT molecular complexity index is 1350. The van der Waals surface area contributed by atoms with E-state index in [4.69, 9.17) is 4.74 Å². The number of aromatic nitrogens is 1. The Kier molecular flexibility index (Phi) is 6.64. The quantitative estimate of drug-likeness (QED) is 0.399. The van der Waals surface area contributed by atoms with Crippen LogP contribution in [0, 0.1) is 0 Å². The molecule has 3 aromatic carbocycles. The minimum absolute atomic E-state index is 0.184. The van der Waals surface area contributed by atoms with Crippen LogP contribution in [-0.2, 0) is 14.3 Å². The number of anilines is 2. The van der Waals surface area contributed by atoms with Crippen molar-refractivity contribution in [3.05, 3.63) is 90.5 Å². The van der Waals surface area contributed by atoms with Crippen molar-refractivity contribution in [2.75, 3.05) is 10.6 Å². The summed E-state index contributed by atoms with van der Waals surface area (Å²) in [6.45, 7) is 2.93. The number of carbonyl (C=O) groups excluding carboxylic acids is 3. The van der Waals surface area contributed by atoms with Gasteiger partial charge in [-0.3, -0.25) is 9.59 Å². The Balaban J connectivity index is 1.52. The van der Waals surface area contributed by atoms with Crippen LogP contribution >= 0.6 is 0 Å². The van der Waals surface area contributed by atoms with E-state index in [2.05, 4.69) is 15.6 Å².